The number of quaternary nitrogens is 1. The molecule has 4 unspecified atom stereocenters. The van der Waals surface area contributed by atoms with Crippen molar-refractivity contribution in [3.05, 3.63) is 228 Å². The maximum atomic E-state index is 2.64. The summed E-state index contributed by atoms with van der Waals surface area (Å²) in [6.07, 6.45) is 21.8. The fraction of sp³-hybridized carbons (Fsp3) is 0.115. The number of nitrogens with one attached hydrogen (secondary N) is 1. The molecule has 0 spiro atoms. The molecule has 3 aliphatic carbocycles. The molecule has 2 heterocycles. The Labute approximate surface area is 317 Å². The quantitative estimate of drug-likeness (QED) is 0.178. The number of nitrogens with zero attached hydrogens (tertiary/aromatic N) is 1. The van der Waals surface area contributed by atoms with E-state index in [1.807, 2.05) is 0 Å². The predicted octanol–water partition coefficient (Wildman–Crippen LogP) is 11.5. The van der Waals surface area contributed by atoms with Crippen molar-refractivity contribution < 1.29 is 5.01 Å². The van der Waals surface area contributed by atoms with E-state index in [9.17, 15) is 0 Å². The first kappa shape index (κ1) is 31.3. The number of hydrogen-bond acceptors (Lipinski definition) is 0. The zero-order valence-electron chi connectivity index (χ0n) is 30.2. The van der Waals surface area contributed by atoms with Crippen molar-refractivity contribution in [1.29, 1.82) is 0 Å². The first-order valence-electron chi connectivity index (χ1n) is 19.5. The summed E-state index contributed by atoms with van der Waals surface area (Å²) in [6.45, 7) is 0. The van der Waals surface area contributed by atoms with E-state index in [4.69, 9.17) is 0 Å². The molecule has 54 heavy (non-hydrogen) atoms. The lowest BCUT2D eigenvalue weighted by molar-refractivity contribution is -0.949. The van der Waals surface area contributed by atoms with Crippen LogP contribution in [0.1, 0.15) is 47.6 Å². The minimum absolute atomic E-state index is 0.171. The molecule has 0 fully saturated rings. The number of hydrogen-bond donors (Lipinski definition) is 1. The highest BCUT2D eigenvalue weighted by Crippen LogP contribution is 2.59. The van der Waals surface area contributed by atoms with Gasteiger partial charge in [0.05, 0.1) is 11.3 Å². The molecule has 11 rings (SSSR count). The number of rotatable bonds is 6. The zero-order valence-corrected chi connectivity index (χ0v) is 30.2. The molecular formula is C52H41N2+. The van der Waals surface area contributed by atoms with Crippen LogP contribution in [0.15, 0.2) is 205 Å². The second-order valence-corrected chi connectivity index (χ2v) is 15.2. The third-order valence-electron chi connectivity index (χ3n) is 12.5. The number of allylic oxidation sites excluding steroid dienone is 8. The molecule has 0 saturated carbocycles. The Bertz CT molecular complexity index is 2760. The van der Waals surface area contributed by atoms with Crippen LogP contribution < -0.4 is 5.01 Å². The standard InChI is InChI=1S/C52H40N2/c1-5-18-36(19-6-1)38-22-17-23-39(34-38)49-35-48(37-20-7-2-8-21-37)54(49)53-46-31-16-14-29-43(46)51-47(53)33-32-45-50(51)42-28-13-15-30-44(42)52(45,40-24-9-3-10-25-40)41-26-11-4-12-27-41/h1-11,13-20,22-26,28-35,37,49H,12,21,27H2/p+1. The van der Waals surface area contributed by atoms with Gasteiger partial charge in [0.15, 0.2) is 6.04 Å². The second-order valence-electron chi connectivity index (χ2n) is 15.2. The number of aromatic nitrogens is 1. The molecule has 0 saturated heterocycles. The summed E-state index contributed by atoms with van der Waals surface area (Å²) in [6, 6.07) is 54.8. The molecule has 0 bridgehead atoms. The summed E-state index contributed by atoms with van der Waals surface area (Å²) in [5.41, 5.74) is 15.8. The molecule has 7 aromatic rings. The SMILES string of the molecule is C1=CCCC(C2(c3ccccc3)c3ccccc3-c3c2ccc2c3c3ccccc3n2[NH+]2C(C3C=CC=CC3)=CC2c2cccc(-c3ccccc3)c2)=C1. The molecular weight excluding hydrogens is 653 g/mol. The van der Waals surface area contributed by atoms with Crippen LogP contribution >= 0.6 is 0 Å². The van der Waals surface area contributed by atoms with Gasteiger partial charge in [0.2, 0.25) is 0 Å². The van der Waals surface area contributed by atoms with Gasteiger partial charge in [-0.05, 0) is 76.4 Å². The molecule has 0 amide bonds. The van der Waals surface area contributed by atoms with Crippen LogP contribution in [0, 0.1) is 5.92 Å². The zero-order chi connectivity index (χ0) is 35.6. The predicted molar refractivity (Wildman–Crippen MR) is 223 cm³/mol. The Morgan fingerprint density at radius 3 is 2.26 bits per heavy atom. The lowest BCUT2D eigenvalue weighted by Gasteiger charge is -2.39. The van der Waals surface area contributed by atoms with Gasteiger partial charge in [0.25, 0.3) is 0 Å². The highest BCUT2D eigenvalue weighted by Gasteiger charge is 2.49. The van der Waals surface area contributed by atoms with Crippen LogP contribution in [0.4, 0.5) is 0 Å². The normalized spacial score (nSPS) is 22.5. The van der Waals surface area contributed by atoms with Gasteiger partial charge in [0.1, 0.15) is 16.7 Å². The summed E-state index contributed by atoms with van der Waals surface area (Å²) < 4.78 is 2.64. The minimum Gasteiger partial charge on any atom is -0.189 e. The van der Waals surface area contributed by atoms with Crippen molar-refractivity contribution >= 4 is 21.8 Å². The third kappa shape index (κ3) is 4.50. The van der Waals surface area contributed by atoms with Gasteiger partial charge in [-0.1, -0.05) is 175 Å². The largest absolute Gasteiger partial charge is 0.189 e. The van der Waals surface area contributed by atoms with Crippen molar-refractivity contribution in [2.45, 2.75) is 30.7 Å². The maximum Gasteiger partial charge on any atom is 0.165 e. The smallest absolute Gasteiger partial charge is 0.165 e. The molecule has 2 nitrogen and oxygen atoms in total. The Morgan fingerprint density at radius 2 is 1.43 bits per heavy atom. The summed E-state index contributed by atoms with van der Waals surface area (Å²) in [4.78, 5) is 0. The van der Waals surface area contributed by atoms with Gasteiger partial charge < -0.3 is 0 Å². The number of benzene rings is 6. The third-order valence-corrected chi connectivity index (χ3v) is 12.5. The first-order valence-corrected chi connectivity index (χ1v) is 19.5. The lowest BCUT2D eigenvalue weighted by atomic mass is 9.65. The van der Waals surface area contributed by atoms with Gasteiger partial charge in [-0.15, -0.1) is 0 Å². The first-order chi connectivity index (χ1) is 26.8. The van der Waals surface area contributed by atoms with Crippen LogP contribution in [0.3, 0.4) is 0 Å². The van der Waals surface area contributed by atoms with Crippen molar-refractivity contribution in [1.82, 2.24) is 4.68 Å². The Morgan fingerprint density at radius 1 is 0.630 bits per heavy atom. The molecule has 258 valence electrons. The molecule has 2 heteroatoms. The minimum atomic E-state index is -0.357. The Balaban J connectivity index is 1.18. The monoisotopic (exact) mass is 693 g/mol. The van der Waals surface area contributed by atoms with Crippen molar-refractivity contribution in [2.24, 2.45) is 5.92 Å². The molecule has 4 aliphatic rings. The summed E-state index contributed by atoms with van der Waals surface area (Å²) >= 11 is 0. The summed E-state index contributed by atoms with van der Waals surface area (Å²) in [5, 5.41) is 4.07. The second kappa shape index (κ2) is 12.4. The van der Waals surface area contributed by atoms with Crippen LogP contribution in [0.5, 0.6) is 0 Å². The lowest BCUT2D eigenvalue weighted by Crippen LogP contribution is -3.17. The van der Waals surface area contributed by atoms with E-state index in [1.165, 1.54) is 82.6 Å². The van der Waals surface area contributed by atoms with Crippen molar-refractivity contribution in [3.8, 4) is 22.3 Å². The topological polar surface area (TPSA) is 9.37 Å². The average Bonchev–Trinajstić information content (AvgIpc) is 3.73. The van der Waals surface area contributed by atoms with E-state index in [2.05, 4.69) is 199 Å². The fourth-order valence-electron chi connectivity index (χ4n) is 10.1. The van der Waals surface area contributed by atoms with E-state index in [0.29, 0.717) is 5.92 Å². The maximum absolute atomic E-state index is 2.64. The van der Waals surface area contributed by atoms with Gasteiger partial charge in [-0.2, -0.15) is 9.69 Å². The van der Waals surface area contributed by atoms with Crippen LogP contribution in [0.2, 0.25) is 0 Å². The molecule has 6 aromatic carbocycles. The highest BCUT2D eigenvalue weighted by atomic mass is 15.6. The van der Waals surface area contributed by atoms with E-state index < -0.39 is 0 Å². The Kier molecular flexibility index (Phi) is 7.21. The van der Waals surface area contributed by atoms with Crippen LogP contribution in [-0.4, -0.2) is 4.68 Å². The van der Waals surface area contributed by atoms with Gasteiger partial charge in [-0.3, -0.25) is 0 Å². The molecule has 4 atom stereocenters. The Hall–Kier alpha value is -6.22. The van der Waals surface area contributed by atoms with Gasteiger partial charge >= 0.3 is 0 Å². The fourth-order valence-corrected chi connectivity index (χ4v) is 10.1. The van der Waals surface area contributed by atoms with E-state index in [0.717, 1.165) is 19.3 Å². The van der Waals surface area contributed by atoms with E-state index in [1.54, 1.807) is 0 Å². The van der Waals surface area contributed by atoms with Crippen LogP contribution in [0.25, 0.3) is 44.1 Å². The molecule has 0 radical (unpaired) electrons. The van der Waals surface area contributed by atoms with Crippen LogP contribution in [-0.2, 0) is 5.41 Å². The summed E-state index contributed by atoms with van der Waals surface area (Å²) in [7, 11) is 0. The van der Waals surface area contributed by atoms with Gasteiger partial charge in [-0.25, -0.2) is 0 Å². The average molecular weight is 694 g/mol. The molecule has 1 N–H and O–H groups in total. The van der Waals surface area contributed by atoms with Crippen molar-refractivity contribution in [2.75, 3.05) is 0 Å². The van der Waals surface area contributed by atoms with Crippen molar-refractivity contribution in [3.63, 3.8) is 0 Å². The summed E-state index contributed by atoms with van der Waals surface area (Å²) in [5.74, 6) is 0.349. The highest BCUT2D eigenvalue weighted by molar-refractivity contribution is 6.17. The van der Waals surface area contributed by atoms with E-state index >= 15 is 0 Å². The molecule has 1 aromatic heterocycles. The molecule has 1 aliphatic heterocycles. The number of para-hydroxylation sites is 1. The van der Waals surface area contributed by atoms with E-state index in [-0.39, 0.29) is 11.5 Å². The van der Waals surface area contributed by atoms with Gasteiger partial charge in [0, 0.05) is 22.4 Å². The number of fused-ring (bicyclic) bond motifs is 7.